The van der Waals surface area contributed by atoms with E-state index < -0.39 is 0 Å². The first-order chi connectivity index (χ1) is 8.58. The lowest BCUT2D eigenvalue weighted by Gasteiger charge is -2.20. The van der Waals surface area contributed by atoms with Gasteiger partial charge >= 0.3 is 0 Å². The quantitative estimate of drug-likeness (QED) is 0.537. The lowest BCUT2D eigenvalue weighted by atomic mass is 9.89. The van der Waals surface area contributed by atoms with E-state index in [2.05, 4.69) is 6.92 Å². The standard InChI is InChI=1S/C14H19O4/c1-5-6-7-8-10-9(2)11(15)13(17-3)14(18-4)12(10)16/h1,5-8H2,2-4H3. The van der Waals surface area contributed by atoms with Crippen LogP contribution in [0, 0.1) is 6.92 Å². The second-order valence-corrected chi connectivity index (χ2v) is 4.14. The number of allylic oxidation sites excluding steroid dienone is 2. The molecule has 0 saturated carbocycles. The van der Waals surface area contributed by atoms with Crippen LogP contribution in [0.5, 0.6) is 0 Å². The summed E-state index contributed by atoms with van der Waals surface area (Å²) in [5.41, 5.74) is 0.993. The average molecular weight is 251 g/mol. The largest absolute Gasteiger partial charge is 0.489 e. The minimum Gasteiger partial charge on any atom is -0.489 e. The van der Waals surface area contributed by atoms with Crippen LogP contribution in [-0.4, -0.2) is 25.8 Å². The summed E-state index contributed by atoms with van der Waals surface area (Å²) in [4.78, 5) is 24.2. The zero-order chi connectivity index (χ0) is 13.7. The molecule has 0 saturated heterocycles. The van der Waals surface area contributed by atoms with Crippen molar-refractivity contribution in [2.24, 2.45) is 0 Å². The van der Waals surface area contributed by atoms with Gasteiger partial charge in [0.2, 0.25) is 23.1 Å². The van der Waals surface area contributed by atoms with Gasteiger partial charge in [0.1, 0.15) is 0 Å². The Morgan fingerprint density at radius 1 is 1.00 bits per heavy atom. The van der Waals surface area contributed by atoms with Crippen molar-refractivity contribution in [1.82, 2.24) is 0 Å². The highest BCUT2D eigenvalue weighted by Gasteiger charge is 2.34. The molecule has 0 fully saturated rings. The van der Waals surface area contributed by atoms with Crippen LogP contribution >= 0.6 is 0 Å². The van der Waals surface area contributed by atoms with Crippen molar-refractivity contribution >= 4 is 11.6 Å². The van der Waals surface area contributed by atoms with Crippen LogP contribution in [0.4, 0.5) is 0 Å². The fourth-order valence-electron chi connectivity index (χ4n) is 1.97. The lowest BCUT2D eigenvalue weighted by Crippen LogP contribution is -2.25. The third-order valence-electron chi connectivity index (χ3n) is 3.02. The summed E-state index contributed by atoms with van der Waals surface area (Å²) < 4.78 is 9.96. The Morgan fingerprint density at radius 3 is 2.06 bits per heavy atom. The van der Waals surface area contributed by atoms with Gasteiger partial charge in [-0.1, -0.05) is 19.8 Å². The number of rotatable bonds is 6. The summed E-state index contributed by atoms with van der Waals surface area (Å²) in [6.07, 6.45) is 3.18. The van der Waals surface area contributed by atoms with Gasteiger partial charge in [0.25, 0.3) is 0 Å². The summed E-state index contributed by atoms with van der Waals surface area (Å²) in [6, 6.07) is 0. The van der Waals surface area contributed by atoms with E-state index in [0.717, 1.165) is 19.3 Å². The smallest absolute Gasteiger partial charge is 0.228 e. The van der Waals surface area contributed by atoms with Gasteiger partial charge in [-0.15, -0.1) is 0 Å². The molecular weight excluding hydrogens is 232 g/mol. The minimum absolute atomic E-state index is 0.000841. The fourth-order valence-corrected chi connectivity index (χ4v) is 1.97. The van der Waals surface area contributed by atoms with E-state index in [4.69, 9.17) is 9.47 Å². The van der Waals surface area contributed by atoms with Gasteiger partial charge in [-0.2, -0.15) is 0 Å². The van der Waals surface area contributed by atoms with Crippen molar-refractivity contribution in [2.75, 3.05) is 14.2 Å². The van der Waals surface area contributed by atoms with E-state index in [0.29, 0.717) is 17.6 Å². The SMILES string of the molecule is [CH2]CCCCC1=C(C)C(=O)C(OC)=C(OC)C1=O. The van der Waals surface area contributed by atoms with E-state index in [1.165, 1.54) is 14.2 Å². The predicted octanol–water partition coefficient (Wildman–Crippen LogP) is 2.35. The van der Waals surface area contributed by atoms with Crippen molar-refractivity contribution in [3.05, 3.63) is 29.6 Å². The molecule has 0 aromatic heterocycles. The number of ketones is 2. The Labute approximate surface area is 108 Å². The average Bonchev–Trinajstić information content (AvgIpc) is 2.37. The molecule has 0 N–H and O–H groups in total. The Balaban J connectivity index is 3.02. The Hall–Kier alpha value is -1.58. The second-order valence-electron chi connectivity index (χ2n) is 4.14. The summed E-state index contributed by atoms with van der Waals surface area (Å²) in [5, 5.41) is 0. The number of methoxy groups -OCH3 is 2. The van der Waals surface area contributed by atoms with Crippen molar-refractivity contribution in [1.29, 1.82) is 0 Å². The molecule has 0 spiro atoms. The Bertz CT molecular complexity index is 416. The topological polar surface area (TPSA) is 52.6 Å². The number of Topliss-reactive ketones (excluding diaryl/α,β-unsaturated/α-hetero) is 2. The normalized spacial score (nSPS) is 16.4. The summed E-state index contributed by atoms with van der Waals surface area (Å²) in [7, 11) is 2.73. The van der Waals surface area contributed by atoms with Crippen LogP contribution in [0.3, 0.4) is 0 Å². The van der Waals surface area contributed by atoms with Crippen LogP contribution in [0.1, 0.15) is 32.6 Å². The molecule has 4 nitrogen and oxygen atoms in total. The second kappa shape index (κ2) is 6.38. The predicted molar refractivity (Wildman–Crippen MR) is 67.6 cm³/mol. The van der Waals surface area contributed by atoms with Gasteiger partial charge in [-0.05, 0) is 19.8 Å². The number of ether oxygens (including phenoxy) is 2. The van der Waals surface area contributed by atoms with Crippen molar-refractivity contribution in [2.45, 2.75) is 32.6 Å². The molecule has 4 heteroatoms. The monoisotopic (exact) mass is 251 g/mol. The van der Waals surface area contributed by atoms with Crippen LogP contribution in [0.15, 0.2) is 22.7 Å². The molecule has 18 heavy (non-hydrogen) atoms. The maximum Gasteiger partial charge on any atom is 0.228 e. The molecule has 0 amide bonds. The number of hydrogen-bond donors (Lipinski definition) is 0. The number of hydrogen-bond acceptors (Lipinski definition) is 4. The van der Waals surface area contributed by atoms with Gasteiger partial charge in [0.15, 0.2) is 0 Å². The first-order valence-electron chi connectivity index (χ1n) is 5.99. The van der Waals surface area contributed by atoms with Gasteiger partial charge in [-0.25, -0.2) is 0 Å². The number of carbonyl (C=O) groups is 2. The van der Waals surface area contributed by atoms with Crippen LogP contribution in [0.2, 0.25) is 0 Å². The lowest BCUT2D eigenvalue weighted by molar-refractivity contribution is -0.121. The zero-order valence-electron chi connectivity index (χ0n) is 11.2. The molecule has 0 aromatic carbocycles. The molecule has 0 aromatic rings. The third-order valence-corrected chi connectivity index (χ3v) is 3.02. The first-order valence-corrected chi connectivity index (χ1v) is 5.99. The number of carbonyl (C=O) groups excluding carboxylic acids is 2. The molecule has 0 unspecified atom stereocenters. The van der Waals surface area contributed by atoms with Crippen LogP contribution < -0.4 is 0 Å². The highest BCUT2D eigenvalue weighted by atomic mass is 16.5. The van der Waals surface area contributed by atoms with Gasteiger partial charge in [0, 0.05) is 11.1 Å². The molecule has 1 aliphatic rings. The van der Waals surface area contributed by atoms with Crippen molar-refractivity contribution < 1.29 is 19.1 Å². The molecule has 0 atom stereocenters. The van der Waals surface area contributed by atoms with E-state index in [-0.39, 0.29) is 23.1 Å². The maximum absolute atomic E-state index is 12.2. The summed E-state index contributed by atoms with van der Waals surface area (Å²) in [5.74, 6) is -0.493. The fraction of sp³-hybridized carbons (Fsp3) is 0.500. The molecule has 0 bridgehead atoms. The molecule has 0 heterocycles. The van der Waals surface area contributed by atoms with E-state index in [9.17, 15) is 9.59 Å². The minimum atomic E-state index is -0.265. The molecule has 1 rings (SSSR count). The maximum atomic E-state index is 12.2. The zero-order valence-corrected chi connectivity index (χ0v) is 11.2. The summed E-state index contributed by atoms with van der Waals surface area (Å²) in [6.45, 7) is 5.41. The van der Waals surface area contributed by atoms with Crippen molar-refractivity contribution in [3.8, 4) is 0 Å². The Kier molecular flexibility index (Phi) is 5.13. The molecule has 1 aliphatic carbocycles. The molecule has 0 aliphatic heterocycles. The van der Waals surface area contributed by atoms with Crippen LogP contribution in [0.25, 0.3) is 0 Å². The van der Waals surface area contributed by atoms with Gasteiger partial charge in [-0.3, -0.25) is 9.59 Å². The first kappa shape index (κ1) is 14.5. The summed E-state index contributed by atoms with van der Waals surface area (Å²) >= 11 is 0. The third kappa shape index (κ3) is 2.63. The van der Waals surface area contributed by atoms with Crippen LogP contribution in [-0.2, 0) is 19.1 Å². The number of unbranched alkanes of at least 4 members (excludes halogenated alkanes) is 2. The molecule has 1 radical (unpaired) electrons. The van der Waals surface area contributed by atoms with Crippen molar-refractivity contribution in [3.63, 3.8) is 0 Å². The van der Waals surface area contributed by atoms with E-state index >= 15 is 0 Å². The van der Waals surface area contributed by atoms with E-state index in [1.807, 2.05) is 0 Å². The Morgan fingerprint density at radius 2 is 1.56 bits per heavy atom. The highest BCUT2D eigenvalue weighted by molar-refractivity contribution is 6.23. The van der Waals surface area contributed by atoms with Gasteiger partial charge < -0.3 is 9.47 Å². The van der Waals surface area contributed by atoms with E-state index in [1.54, 1.807) is 6.92 Å². The highest BCUT2D eigenvalue weighted by Crippen LogP contribution is 2.28. The molecule has 99 valence electrons. The molecular formula is C14H19O4. The van der Waals surface area contributed by atoms with Gasteiger partial charge in [0.05, 0.1) is 14.2 Å².